The van der Waals surface area contributed by atoms with Gasteiger partial charge in [0, 0.05) is 5.56 Å². The van der Waals surface area contributed by atoms with E-state index in [4.69, 9.17) is 0 Å². The molecule has 2 aliphatic carbocycles. The first-order valence-corrected chi connectivity index (χ1v) is 11.4. The van der Waals surface area contributed by atoms with E-state index >= 15 is 0 Å². The maximum atomic E-state index is 14.6. The quantitative estimate of drug-likeness (QED) is 0.412. The molecule has 0 aromatic heterocycles. The van der Waals surface area contributed by atoms with Crippen LogP contribution in [0.3, 0.4) is 0 Å². The second kappa shape index (κ2) is 10.4. The molecule has 0 amide bonds. The van der Waals surface area contributed by atoms with Gasteiger partial charge in [-0.2, -0.15) is 0 Å². The number of rotatable bonds is 7. The molecule has 0 saturated heterocycles. The first-order valence-electron chi connectivity index (χ1n) is 11.4. The number of hydrogen-bond donors (Lipinski definition) is 0. The van der Waals surface area contributed by atoms with Crippen molar-refractivity contribution >= 4 is 6.08 Å². The summed E-state index contributed by atoms with van der Waals surface area (Å²) < 4.78 is 29.2. The van der Waals surface area contributed by atoms with Gasteiger partial charge in [0.2, 0.25) is 0 Å². The van der Waals surface area contributed by atoms with E-state index in [1.807, 2.05) is 6.08 Å². The van der Waals surface area contributed by atoms with Crippen LogP contribution < -0.4 is 0 Å². The van der Waals surface area contributed by atoms with Gasteiger partial charge in [0.1, 0.15) is 0 Å². The van der Waals surface area contributed by atoms with E-state index in [0.717, 1.165) is 37.5 Å². The molecule has 1 atom stereocenters. The summed E-state index contributed by atoms with van der Waals surface area (Å²) in [5.41, 5.74) is 2.29. The van der Waals surface area contributed by atoms with Crippen LogP contribution in [-0.4, -0.2) is 0 Å². The van der Waals surface area contributed by atoms with Gasteiger partial charge in [0.05, 0.1) is 0 Å². The zero-order valence-corrected chi connectivity index (χ0v) is 17.7. The average molecular weight is 387 g/mol. The predicted octanol–water partition coefficient (Wildman–Crippen LogP) is 8.58. The average Bonchev–Trinajstić information content (AvgIpc) is 2.71. The molecule has 0 aliphatic heterocycles. The Bertz CT molecular complexity index is 693. The van der Waals surface area contributed by atoms with Gasteiger partial charge in [-0.1, -0.05) is 81.4 Å². The number of hydrogen-bond acceptors (Lipinski definition) is 0. The fourth-order valence-electron chi connectivity index (χ4n) is 5.03. The summed E-state index contributed by atoms with van der Waals surface area (Å²) in [6.07, 6.45) is 18.9. The smallest absolute Gasteiger partial charge is 0.166 e. The Labute approximate surface area is 170 Å². The number of allylic oxidation sites excluding steroid dienone is 3. The highest BCUT2D eigenvalue weighted by molar-refractivity contribution is 5.51. The van der Waals surface area contributed by atoms with Crippen molar-refractivity contribution in [2.45, 2.75) is 90.4 Å². The van der Waals surface area contributed by atoms with Gasteiger partial charge in [0.25, 0.3) is 0 Å². The Kier molecular flexibility index (Phi) is 7.88. The minimum absolute atomic E-state index is 0.110. The molecule has 1 saturated carbocycles. The summed E-state index contributed by atoms with van der Waals surface area (Å²) in [6.45, 7) is 4.39. The molecular formula is C26H36F2. The van der Waals surface area contributed by atoms with E-state index in [2.05, 4.69) is 19.9 Å². The molecule has 1 unspecified atom stereocenters. The largest absolute Gasteiger partial charge is 0.203 e. The predicted molar refractivity (Wildman–Crippen MR) is 115 cm³/mol. The summed E-state index contributed by atoms with van der Waals surface area (Å²) in [4.78, 5) is 0. The standard InChI is InChI=1S/C26H36F2/c1-3-6-20-11-13-21(14-12-20)7-4-5-8-23-17-18-24(26(28)25(23)27)22-15-9-19(2)10-16-22/h5,8-9,17-18,20-22H,3-4,6-7,10-16H2,1-2H3/b8-5+. The molecule has 154 valence electrons. The molecule has 2 heteroatoms. The van der Waals surface area contributed by atoms with E-state index in [0.29, 0.717) is 11.1 Å². The van der Waals surface area contributed by atoms with Crippen LogP contribution in [0.4, 0.5) is 8.78 Å². The summed E-state index contributed by atoms with van der Waals surface area (Å²) in [5.74, 6) is 0.536. The molecule has 2 aliphatic rings. The Morgan fingerprint density at radius 3 is 2.32 bits per heavy atom. The minimum atomic E-state index is -0.680. The molecule has 1 aromatic carbocycles. The van der Waals surface area contributed by atoms with Crippen molar-refractivity contribution in [3.8, 4) is 0 Å². The second-order valence-electron chi connectivity index (χ2n) is 9.05. The molecule has 0 nitrogen and oxygen atoms in total. The van der Waals surface area contributed by atoms with Crippen LogP contribution in [0.5, 0.6) is 0 Å². The van der Waals surface area contributed by atoms with Gasteiger partial charge in [-0.3, -0.25) is 0 Å². The van der Waals surface area contributed by atoms with E-state index in [-0.39, 0.29) is 5.92 Å². The van der Waals surface area contributed by atoms with Crippen LogP contribution in [0, 0.1) is 23.5 Å². The Morgan fingerprint density at radius 2 is 1.68 bits per heavy atom. The second-order valence-corrected chi connectivity index (χ2v) is 9.05. The van der Waals surface area contributed by atoms with Gasteiger partial charge in [-0.25, -0.2) is 8.78 Å². The van der Waals surface area contributed by atoms with Crippen LogP contribution in [0.1, 0.15) is 102 Å². The third-order valence-corrected chi connectivity index (χ3v) is 6.92. The molecule has 3 rings (SSSR count). The highest BCUT2D eigenvalue weighted by Gasteiger charge is 2.22. The van der Waals surface area contributed by atoms with Crippen LogP contribution >= 0.6 is 0 Å². The minimum Gasteiger partial charge on any atom is -0.203 e. The Morgan fingerprint density at radius 1 is 0.964 bits per heavy atom. The van der Waals surface area contributed by atoms with Crippen molar-refractivity contribution in [3.05, 3.63) is 52.6 Å². The van der Waals surface area contributed by atoms with Gasteiger partial charge in [-0.05, 0) is 62.3 Å². The Hall–Kier alpha value is -1.44. The molecule has 1 fully saturated rings. The summed E-state index contributed by atoms with van der Waals surface area (Å²) in [5, 5.41) is 0. The molecule has 28 heavy (non-hydrogen) atoms. The van der Waals surface area contributed by atoms with Crippen molar-refractivity contribution in [2.75, 3.05) is 0 Å². The monoisotopic (exact) mass is 386 g/mol. The zero-order valence-electron chi connectivity index (χ0n) is 17.7. The van der Waals surface area contributed by atoms with Gasteiger partial charge < -0.3 is 0 Å². The lowest BCUT2D eigenvalue weighted by atomic mass is 9.78. The summed E-state index contributed by atoms with van der Waals surface area (Å²) in [7, 11) is 0. The SMILES string of the molecule is CCCC1CCC(CC/C=C/c2ccc(C3CC=C(C)CC3)c(F)c2F)CC1. The van der Waals surface area contributed by atoms with Crippen LogP contribution in [0.25, 0.3) is 6.08 Å². The first-order chi connectivity index (χ1) is 13.6. The van der Waals surface area contributed by atoms with Crippen LogP contribution in [-0.2, 0) is 0 Å². The maximum Gasteiger partial charge on any atom is 0.166 e. The zero-order chi connectivity index (χ0) is 19.9. The highest BCUT2D eigenvalue weighted by atomic mass is 19.2. The van der Waals surface area contributed by atoms with Crippen molar-refractivity contribution in [1.29, 1.82) is 0 Å². The molecular weight excluding hydrogens is 350 g/mol. The molecule has 0 bridgehead atoms. The summed E-state index contributed by atoms with van der Waals surface area (Å²) >= 11 is 0. The van der Waals surface area contributed by atoms with E-state index < -0.39 is 11.6 Å². The molecule has 0 spiro atoms. The fraction of sp³-hybridized carbons (Fsp3) is 0.615. The van der Waals surface area contributed by atoms with Crippen molar-refractivity contribution in [1.82, 2.24) is 0 Å². The number of halogens is 2. The van der Waals surface area contributed by atoms with Crippen LogP contribution in [0.15, 0.2) is 29.9 Å². The van der Waals surface area contributed by atoms with Crippen molar-refractivity contribution < 1.29 is 8.78 Å². The molecule has 0 heterocycles. The lowest BCUT2D eigenvalue weighted by Gasteiger charge is -2.28. The summed E-state index contributed by atoms with van der Waals surface area (Å²) in [6, 6.07) is 3.55. The third-order valence-electron chi connectivity index (χ3n) is 6.92. The van der Waals surface area contributed by atoms with E-state index in [9.17, 15) is 8.78 Å². The van der Waals surface area contributed by atoms with Crippen molar-refractivity contribution in [3.63, 3.8) is 0 Å². The number of benzene rings is 1. The van der Waals surface area contributed by atoms with Gasteiger partial charge in [-0.15, -0.1) is 0 Å². The topological polar surface area (TPSA) is 0 Å². The third kappa shape index (κ3) is 5.55. The first kappa shape index (κ1) is 21.3. The Balaban J connectivity index is 1.51. The van der Waals surface area contributed by atoms with Crippen molar-refractivity contribution in [2.24, 2.45) is 11.8 Å². The van der Waals surface area contributed by atoms with Crippen LogP contribution in [0.2, 0.25) is 0 Å². The van der Waals surface area contributed by atoms with E-state index in [1.54, 1.807) is 18.2 Å². The highest BCUT2D eigenvalue weighted by Crippen LogP contribution is 2.35. The lowest BCUT2D eigenvalue weighted by Crippen LogP contribution is -2.14. The maximum absolute atomic E-state index is 14.6. The molecule has 1 aromatic rings. The molecule has 0 N–H and O–H groups in total. The fourth-order valence-corrected chi connectivity index (χ4v) is 5.03. The van der Waals surface area contributed by atoms with Gasteiger partial charge >= 0.3 is 0 Å². The van der Waals surface area contributed by atoms with Gasteiger partial charge in [0.15, 0.2) is 11.6 Å². The van der Waals surface area contributed by atoms with E-state index in [1.165, 1.54) is 50.5 Å². The normalized spacial score (nSPS) is 25.9. The lowest BCUT2D eigenvalue weighted by molar-refractivity contribution is 0.253. The molecule has 0 radical (unpaired) electrons.